The average molecular weight is 507 g/mol. The number of anilines is 1. The lowest BCUT2D eigenvalue weighted by Gasteiger charge is -2.17. The van der Waals surface area contributed by atoms with Crippen LogP contribution in [0.25, 0.3) is 0 Å². The Morgan fingerprint density at radius 2 is 1.06 bits per heavy atom. The number of hydrogen-bond acceptors (Lipinski definition) is 4. The van der Waals surface area contributed by atoms with Crippen molar-refractivity contribution < 1.29 is 9.59 Å². The van der Waals surface area contributed by atoms with Crippen LogP contribution in [0.4, 0.5) is 5.69 Å². The van der Waals surface area contributed by atoms with E-state index in [0.717, 1.165) is 15.4 Å². The Hall–Kier alpha value is -1.89. The van der Waals surface area contributed by atoms with Crippen LogP contribution in [0.5, 0.6) is 0 Å². The molecule has 3 nitrogen and oxygen atoms in total. The molecular weight excluding hydrogens is 493 g/mol. The first-order chi connectivity index (χ1) is 14.8. The van der Waals surface area contributed by atoms with Gasteiger partial charge in [-0.3, -0.25) is 9.59 Å². The van der Waals surface area contributed by atoms with Gasteiger partial charge in [0.1, 0.15) is 0 Å². The zero-order valence-electron chi connectivity index (χ0n) is 16.1. The van der Waals surface area contributed by atoms with Crippen molar-refractivity contribution in [1.29, 1.82) is 0 Å². The third-order valence-corrected chi connectivity index (χ3v) is 7.52. The van der Waals surface area contributed by atoms with E-state index >= 15 is 0 Å². The zero-order valence-corrected chi connectivity index (χ0v) is 20.0. The number of rotatable bonds is 5. The van der Waals surface area contributed by atoms with E-state index in [2.05, 4.69) is 0 Å². The maximum absolute atomic E-state index is 13.4. The summed E-state index contributed by atoms with van der Waals surface area (Å²) in [7, 11) is 0. The fourth-order valence-electron chi connectivity index (χ4n) is 3.00. The summed E-state index contributed by atoms with van der Waals surface area (Å²) < 4.78 is 0. The van der Waals surface area contributed by atoms with Gasteiger partial charge < -0.3 is 0 Å². The van der Waals surface area contributed by atoms with Crippen LogP contribution in [0, 0.1) is 6.92 Å². The molecular formula is C23H14Cl3NO2S2. The average Bonchev–Trinajstić information content (AvgIpc) is 2.96. The van der Waals surface area contributed by atoms with Crippen molar-refractivity contribution in [3.63, 3.8) is 0 Å². The molecule has 156 valence electrons. The van der Waals surface area contributed by atoms with Crippen LogP contribution in [-0.4, -0.2) is 11.8 Å². The lowest BCUT2D eigenvalue weighted by atomic mass is 10.2. The van der Waals surface area contributed by atoms with Gasteiger partial charge in [-0.25, -0.2) is 4.90 Å². The molecule has 0 saturated carbocycles. The third kappa shape index (κ3) is 4.81. The number of imide groups is 1. The van der Waals surface area contributed by atoms with Crippen molar-refractivity contribution in [3.05, 3.63) is 97.2 Å². The van der Waals surface area contributed by atoms with Crippen LogP contribution in [0.3, 0.4) is 0 Å². The zero-order chi connectivity index (χ0) is 22.1. The van der Waals surface area contributed by atoms with Gasteiger partial charge in [-0.05, 0) is 79.2 Å². The number of carbonyl (C=O) groups is 2. The van der Waals surface area contributed by atoms with Crippen molar-refractivity contribution in [1.82, 2.24) is 0 Å². The van der Waals surface area contributed by atoms with Crippen molar-refractivity contribution in [2.24, 2.45) is 0 Å². The van der Waals surface area contributed by atoms with Crippen LogP contribution in [0.15, 0.2) is 86.3 Å². The highest BCUT2D eigenvalue weighted by Crippen LogP contribution is 2.44. The number of hydrogen-bond donors (Lipinski definition) is 0. The van der Waals surface area contributed by atoms with E-state index in [-0.39, 0.29) is 11.8 Å². The van der Waals surface area contributed by atoms with Gasteiger partial charge in [-0.2, -0.15) is 0 Å². The summed E-state index contributed by atoms with van der Waals surface area (Å²) >= 11 is 20.5. The van der Waals surface area contributed by atoms with E-state index < -0.39 is 0 Å². The smallest absolute Gasteiger partial charge is 0.268 e. The van der Waals surface area contributed by atoms with E-state index in [4.69, 9.17) is 34.8 Å². The van der Waals surface area contributed by atoms with Gasteiger partial charge in [0.25, 0.3) is 11.8 Å². The standard InChI is InChI=1S/C23H14Cl3NO2S2/c1-13-12-16(26)6-11-19(13)27-22(28)20(30-17-7-2-14(24)3-8-17)21(23(27)29)31-18-9-4-15(25)5-10-18/h2-12H,1H3. The monoisotopic (exact) mass is 505 g/mol. The molecule has 4 rings (SSSR count). The van der Waals surface area contributed by atoms with Crippen molar-refractivity contribution >= 4 is 75.8 Å². The van der Waals surface area contributed by atoms with Gasteiger partial charge in [-0.15, -0.1) is 0 Å². The molecule has 0 N–H and O–H groups in total. The SMILES string of the molecule is Cc1cc(Cl)ccc1N1C(=O)C(Sc2ccc(Cl)cc2)=C(Sc2ccc(Cl)cc2)C1=O. The third-order valence-electron chi connectivity index (χ3n) is 4.47. The summed E-state index contributed by atoms with van der Waals surface area (Å²) in [4.78, 5) is 30.4. The second kappa shape index (κ2) is 9.31. The van der Waals surface area contributed by atoms with Crippen LogP contribution in [0.1, 0.15) is 5.56 Å². The van der Waals surface area contributed by atoms with Crippen LogP contribution < -0.4 is 4.90 Å². The molecule has 0 unspecified atom stereocenters. The molecule has 0 atom stereocenters. The normalized spacial score (nSPS) is 14.0. The highest BCUT2D eigenvalue weighted by Gasteiger charge is 2.41. The summed E-state index contributed by atoms with van der Waals surface area (Å²) in [5.41, 5.74) is 1.25. The van der Waals surface area contributed by atoms with Gasteiger partial charge in [0, 0.05) is 24.9 Å². The number of nitrogens with zero attached hydrogens (tertiary/aromatic N) is 1. The topological polar surface area (TPSA) is 37.4 Å². The minimum Gasteiger partial charge on any atom is -0.268 e. The van der Waals surface area contributed by atoms with E-state index in [1.54, 1.807) is 42.5 Å². The Morgan fingerprint density at radius 3 is 1.48 bits per heavy atom. The highest BCUT2D eigenvalue weighted by molar-refractivity contribution is 8.08. The molecule has 3 aromatic carbocycles. The second-order valence-electron chi connectivity index (χ2n) is 6.65. The van der Waals surface area contributed by atoms with E-state index in [1.807, 2.05) is 31.2 Å². The Bertz CT molecular complexity index is 1140. The maximum atomic E-state index is 13.4. The first-order valence-electron chi connectivity index (χ1n) is 9.09. The minimum atomic E-state index is -0.369. The molecule has 0 bridgehead atoms. The molecule has 0 fully saturated rings. The Morgan fingerprint density at radius 1 is 0.645 bits per heavy atom. The Kier molecular flexibility index (Phi) is 6.70. The fourth-order valence-corrected chi connectivity index (χ4v) is 5.46. The van der Waals surface area contributed by atoms with Crippen LogP contribution in [0.2, 0.25) is 15.1 Å². The summed E-state index contributed by atoms with van der Waals surface area (Å²) in [5.74, 6) is -0.737. The lowest BCUT2D eigenvalue weighted by Crippen LogP contribution is -2.31. The van der Waals surface area contributed by atoms with Gasteiger partial charge in [0.05, 0.1) is 15.5 Å². The summed E-state index contributed by atoms with van der Waals surface area (Å²) in [6.07, 6.45) is 0. The predicted molar refractivity (Wildman–Crippen MR) is 130 cm³/mol. The molecule has 0 saturated heterocycles. The molecule has 0 aliphatic carbocycles. The molecule has 3 aromatic rings. The Labute approximate surface area is 203 Å². The van der Waals surface area contributed by atoms with Gasteiger partial charge in [0.15, 0.2) is 0 Å². The molecule has 8 heteroatoms. The molecule has 1 aliphatic rings. The van der Waals surface area contributed by atoms with Crippen molar-refractivity contribution in [2.75, 3.05) is 4.90 Å². The summed E-state index contributed by atoms with van der Waals surface area (Å²) in [6.45, 7) is 1.82. The predicted octanol–water partition coefficient (Wildman–Crippen LogP) is 7.62. The van der Waals surface area contributed by atoms with Gasteiger partial charge in [-0.1, -0.05) is 58.3 Å². The van der Waals surface area contributed by atoms with Crippen LogP contribution in [-0.2, 0) is 9.59 Å². The molecule has 1 heterocycles. The first-order valence-corrected chi connectivity index (χ1v) is 11.9. The highest BCUT2D eigenvalue weighted by atomic mass is 35.5. The lowest BCUT2D eigenvalue weighted by molar-refractivity contribution is -0.120. The van der Waals surface area contributed by atoms with Crippen molar-refractivity contribution in [3.8, 4) is 0 Å². The van der Waals surface area contributed by atoms with E-state index in [0.29, 0.717) is 30.6 Å². The van der Waals surface area contributed by atoms with Crippen molar-refractivity contribution in [2.45, 2.75) is 16.7 Å². The minimum absolute atomic E-state index is 0.363. The summed E-state index contributed by atoms with van der Waals surface area (Å²) in [5, 5.41) is 1.74. The quantitative estimate of drug-likeness (QED) is 0.333. The Balaban J connectivity index is 1.76. The maximum Gasteiger partial charge on any atom is 0.273 e. The first kappa shape index (κ1) is 22.3. The number of thioether (sulfide) groups is 2. The number of benzene rings is 3. The summed E-state index contributed by atoms with van der Waals surface area (Å²) in [6, 6.07) is 19.4. The van der Waals surface area contributed by atoms with Gasteiger partial charge >= 0.3 is 0 Å². The number of halogens is 3. The van der Waals surface area contributed by atoms with E-state index in [9.17, 15) is 9.59 Å². The number of amides is 2. The molecule has 0 radical (unpaired) electrons. The van der Waals surface area contributed by atoms with E-state index in [1.165, 1.54) is 28.4 Å². The molecule has 2 amide bonds. The van der Waals surface area contributed by atoms with Gasteiger partial charge in [0.2, 0.25) is 0 Å². The molecule has 0 aromatic heterocycles. The fraction of sp³-hybridized carbons (Fsp3) is 0.0435. The largest absolute Gasteiger partial charge is 0.273 e. The molecule has 0 spiro atoms. The number of aryl methyl sites for hydroxylation is 1. The number of carbonyl (C=O) groups excluding carboxylic acids is 2. The van der Waals surface area contributed by atoms with Crippen LogP contribution >= 0.6 is 58.3 Å². The molecule has 1 aliphatic heterocycles. The molecule has 31 heavy (non-hydrogen) atoms. The second-order valence-corrected chi connectivity index (χ2v) is 10.1.